The van der Waals surface area contributed by atoms with Crippen LogP contribution in [0.1, 0.15) is 36.5 Å². The number of aryl methyl sites for hydroxylation is 1. The number of hydrogen-bond acceptors (Lipinski definition) is 5. The van der Waals surface area contributed by atoms with Gasteiger partial charge in [0.05, 0.1) is 5.39 Å². The van der Waals surface area contributed by atoms with Crippen LogP contribution < -0.4 is 14.9 Å². The Morgan fingerprint density at radius 1 is 0.939 bits per heavy atom. The van der Waals surface area contributed by atoms with Gasteiger partial charge in [0.25, 0.3) is 0 Å². The third kappa shape index (κ3) is 5.39. The van der Waals surface area contributed by atoms with E-state index in [1.54, 1.807) is 30.3 Å². The van der Waals surface area contributed by atoms with Crippen LogP contribution in [0.5, 0.6) is 17.2 Å². The number of fused-ring (bicyclic) bond motifs is 1. The van der Waals surface area contributed by atoms with E-state index >= 15 is 0 Å². The highest BCUT2D eigenvalue weighted by atomic mass is 16.5. The summed E-state index contributed by atoms with van der Waals surface area (Å²) < 4.78 is 16.6. The van der Waals surface area contributed by atoms with Crippen molar-refractivity contribution in [3.8, 4) is 17.2 Å². The average molecular weight is 440 g/mol. The molecule has 0 radical (unpaired) electrons. The van der Waals surface area contributed by atoms with Crippen LogP contribution in [0.4, 0.5) is 0 Å². The molecule has 1 aromatic heterocycles. The number of esters is 1. The van der Waals surface area contributed by atoms with Gasteiger partial charge in [0, 0.05) is 12.1 Å². The predicted octanol–water partition coefficient (Wildman–Crippen LogP) is 6.64. The van der Waals surface area contributed by atoms with Gasteiger partial charge in [-0.3, -0.25) is 4.79 Å². The zero-order chi connectivity index (χ0) is 23.4. The van der Waals surface area contributed by atoms with Crippen molar-refractivity contribution in [3.05, 3.63) is 106 Å². The van der Waals surface area contributed by atoms with Crippen molar-refractivity contribution >= 4 is 23.0 Å². The normalized spacial score (nSPS) is 11.3. The topological polar surface area (TPSA) is 65.7 Å². The van der Waals surface area contributed by atoms with Gasteiger partial charge in [0.1, 0.15) is 23.3 Å². The minimum Gasteiger partial charge on any atom is -0.460 e. The van der Waals surface area contributed by atoms with Crippen molar-refractivity contribution in [1.29, 1.82) is 0 Å². The van der Waals surface area contributed by atoms with E-state index in [0.29, 0.717) is 22.6 Å². The predicted molar refractivity (Wildman–Crippen MR) is 129 cm³/mol. The molecular weight excluding hydrogens is 416 g/mol. The standard InChI is InChI=1S/C28H24O5/c1-18(2)21-9-6-20(7-10-21)8-15-27(29)33-23-13-14-24-25(16-23)31-17-26(28(24)30)32-22-11-4-19(3)5-12-22/h4-18H,1-3H3/b15-8+. The summed E-state index contributed by atoms with van der Waals surface area (Å²) in [7, 11) is 0. The summed E-state index contributed by atoms with van der Waals surface area (Å²) in [6.45, 7) is 6.23. The van der Waals surface area contributed by atoms with Gasteiger partial charge in [-0.05, 0) is 54.3 Å². The molecule has 0 aliphatic rings. The Morgan fingerprint density at radius 2 is 1.64 bits per heavy atom. The molecule has 5 nitrogen and oxygen atoms in total. The van der Waals surface area contributed by atoms with Crippen LogP contribution in [0.15, 0.2) is 88.3 Å². The van der Waals surface area contributed by atoms with Crippen molar-refractivity contribution in [2.75, 3.05) is 0 Å². The second-order valence-electron chi connectivity index (χ2n) is 8.08. The van der Waals surface area contributed by atoms with E-state index in [1.807, 2.05) is 43.3 Å². The minimum absolute atomic E-state index is 0.0857. The van der Waals surface area contributed by atoms with Gasteiger partial charge in [-0.15, -0.1) is 0 Å². The molecule has 0 atom stereocenters. The maximum atomic E-state index is 12.8. The van der Waals surface area contributed by atoms with E-state index in [4.69, 9.17) is 13.9 Å². The van der Waals surface area contributed by atoms with Gasteiger partial charge in [-0.1, -0.05) is 55.8 Å². The zero-order valence-electron chi connectivity index (χ0n) is 18.7. The Labute approximate surface area is 191 Å². The molecule has 0 fully saturated rings. The summed E-state index contributed by atoms with van der Waals surface area (Å²) in [6.07, 6.45) is 4.32. The van der Waals surface area contributed by atoms with Crippen LogP contribution in [-0.2, 0) is 4.79 Å². The molecule has 0 unspecified atom stereocenters. The maximum absolute atomic E-state index is 12.8. The van der Waals surface area contributed by atoms with Gasteiger partial charge >= 0.3 is 5.97 Å². The van der Waals surface area contributed by atoms with Gasteiger partial charge < -0.3 is 13.9 Å². The van der Waals surface area contributed by atoms with Crippen LogP contribution in [0.25, 0.3) is 17.0 Å². The highest BCUT2D eigenvalue weighted by Crippen LogP contribution is 2.24. The Morgan fingerprint density at radius 3 is 2.33 bits per heavy atom. The third-order valence-electron chi connectivity index (χ3n) is 5.20. The Balaban J connectivity index is 1.46. The van der Waals surface area contributed by atoms with E-state index in [2.05, 4.69) is 13.8 Å². The van der Waals surface area contributed by atoms with Gasteiger partial charge in [-0.25, -0.2) is 4.79 Å². The summed E-state index contributed by atoms with van der Waals surface area (Å²) in [5, 5.41) is 0.334. The first kappa shape index (κ1) is 22.1. The summed E-state index contributed by atoms with van der Waals surface area (Å²) in [5.41, 5.74) is 3.23. The smallest absolute Gasteiger partial charge is 0.336 e. The zero-order valence-corrected chi connectivity index (χ0v) is 18.7. The fourth-order valence-corrected chi connectivity index (χ4v) is 3.26. The second-order valence-corrected chi connectivity index (χ2v) is 8.08. The molecule has 33 heavy (non-hydrogen) atoms. The first-order valence-electron chi connectivity index (χ1n) is 10.7. The van der Waals surface area contributed by atoms with Crippen LogP contribution >= 0.6 is 0 Å². The molecule has 5 heteroatoms. The quantitative estimate of drug-likeness (QED) is 0.191. The lowest BCUT2D eigenvalue weighted by molar-refractivity contribution is -0.128. The summed E-state index contributed by atoms with van der Waals surface area (Å²) in [5.74, 6) is 0.837. The molecule has 0 aliphatic carbocycles. The highest BCUT2D eigenvalue weighted by Gasteiger charge is 2.11. The SMILES string of the molecule is Cc1ccc(Oc2coc3cc(OC(=O)/C=C/c4ccc(C(C)C)cc4)ccc3c2=O)cc1. The second kappa shape index (κ2) is 9.57. The summed E-state index contributed by atoms with van der Waals surface area (Å²) in [6, 6.07) is 20.0. The maximum Gasteiger partial charge on any atom is 0.336 e. The third-order valence-corrected chi connectivity index (χ3v) is 5.20. The van der Waals surface area contributed by atoms with Crippen LogP contribution in [0.3, 0.4) is 0 Å². The summed E-state index contributed by atoms with van der Waals surface area (Å²) >= 11 is 0. The van der Waals surface area contributed by atoms with E-state index in [1.165, 1.54) is 24.0 Å². The molecular formula is C28H24O5. The molecule has 0 N–H and O–H groups in total. The van der Waals surface area contributed by atoms with Gasteiger partial charge in [-0.2, -0.15) is 0 Å². The van der Waals surface area contributed by atoms with E-state index < -0.39 is 5.97 Å². The number of rotatable bonds is 6. The van der Waals surface area contributed by atoms with Crippen LogP contribution in [0, 0.1) is 6.92 Å². The Bertz CT molecular complexity index is 1360. The fourth-order valence-electron chi connectivity index (χ4n) is 3.26. The Kier molecular flexibility index (Phi) is 6.41. The highest BCUT2D eigenvalue weighted by molar-refractivity contribution is 5.89. The molecule has 0 spiro atoms. The number of carbonyl (C=O) groups is 1. The number of carbonyl (C=O) groups excluding carboxylic acids is 1. The van der Waals surface area contributed by atoms with Crippen molar-refractivity contribution < 1.29 is 18.7 Å². The molecule has 0 saturated heterocycles. The molecule has 0 aliphatic heterocycles. The van der Waals surface area contributed by atoms with Crippen molar-refractivity contribution in [1.82, 2.24) is 0 Å². The molecule has 166 valence electrons. The molecule has 0 bridgehead atoms. The number of benzene rings is 3. The van der Waals surface area contributed by atoms with Gasteiger partial charge in [0.2, 0.25) is 11.2 Å². The lowest BCUT2D eigenvalue weighted by atomic mass is 10.0. The van der Waals surface area contributed by atoms with Crippen molar-refractivity contribution in [2.45, 2.75) is 26.7 Å². The van der Waals surface area contributed by atoms with Crippen molar-refractivity contribution in [3.63, 3.8) is 0 Å². The van der Waals surface area contributed by atoms with Crippen LogP contribution in [0.2, 0.25) is 0 Å². The largest absolute Gasteiger partial charge is 0.460 e. The first-order chi connectivity index (χ1) is 15.9. The molecule has 3 aromatic carbocycles. The summed E-state index contributed by atoms with van der Waals surface area (Å²) in [4.78, 5) is 25.0. The minimum atomic E-state index is -0.524. The lowest BCUT2D eigenvalue weighted by Crippen LogP contribution is -2.06. The fraction of sp³-hybridized carbons (Fsp3) is 0.143. The Hall–Kier alpha value is -4.12. The number of hydrogen-bond donors (Lipinski definition) is 0. The lowest BCUT2D eigenvalue weighted by Gasteiger charge is -2.07. The van der Waals surface area contributed by atoms with Crippen LogP contribution in [-0.4, -0.2) is 5.97 Å². The van der Waals surface area contributed by atoms with Crippen molar-refractivity contribution in [2.24, 2.45) is 0 Å². The van der Waals surface area contributed by atoms with E-state index in [-0.39, 0.29) is 16.9 Å². The molecule has 4 rings (SSSR count). The molecule has 1 heterocycles. The first-order valence-corrected chi connectivity index (χ1v) is 10.7. The van der Waals surface area contributed by atoms with E-state index in [9.17, 15) is 9.59 Å². The average Bonchev–Trinajstić information content (AvgIpc) is 2.81. The molecule has 0 amide bonds. The molecule has 4 aromatic rings. The van der Waals surface area contributed by atoms with Gasteiger partial charge in [0.15, 0.2) is 0 Å². The number of ether oxygens (including phenoxy) is 2. The van der Waals surface area contributed by atoms with E-state index in [0.717, 1.165) is 11.1 Å². The monoisotopic (exact) mass is 440 g/mol. The molecule has 0 saturated carbocycles.